The number of carbonyl (C=O) groups is 1. The van der Waals surface area contributed by atoms with Gasteiger partial charge in [-0.15, -0.1) is 0 Å². The van der Waals surface area contributed by atoms with Gasteiger partial charge in [-0.05, 0) is 41.1 Å². The number of thiocarbonyl (C=S) groups is 1. The van der Waals surface area contributed by atoms with Crippen molar-refractivity contribution in [1.82, 2.24) is 4.90 Å². The summed E-state index contributed by atoms with van der Waals surface area (Å²) in [6.45, 7) is 2.43. The molecule has 3 nitrogen and oxygen atoms in total. The van der Waals surface area contributed by atoms with Crippen molar-refractivity contribution in [1.29, 1.82) is 0 Å². The molecule has 0 aliphatic carbocycles. The number of aromatic hydroxyl groups is 1. The number of phenols is 1. The number of nitrogens with zero attached hydrogens (tertiary/aromatic N) is 1. The number of phenolic OH excluding ortho intramolecular Hbond substituents is 1. The van der Waals surface area contributed by atoms with E-state index in [1.54, 1.807) is 18.2 Å². The van der Waals surface area contributed by atoms with Crippen LogP contribution in [0.3, 0.4) is 0 Å². The molecule has 1 aromatic rings. The van der Waals surface area contributed by atoms with Crippen LogP contribution in [0.25, 0.3) is 6.08 Å². The predicted octanol–water partition coefficient (Wildman–Crippen LogP) is 4.14. The van der Waals surface area contributed by atoms with Gasteiger partial charge >= 0.3 is 0 Å². The molecule has 0 unspecified atom stereocenters. The van der Waals surface area contributed by atoms with Gasteiger partial charge in [-0.25, -0.2) is 0 Å². The Balaban J connectivity index is 2.43. The number of amides is 1. The van der Waals surface area contributed by atoms with Gasteiger partial charge in [0.1, 0.15) is 10.1 Å². The first-order valence-corrected chi connectivity index (χ1v) is 8.18. The van der Waals surface area contributed by atoms with Gasteiger partial charge in [-0.1, -0.05) is 39.9 Å². The molecule has 0 bridgehead atoms. The van der Waals surface area contributed by atoms with Crippen molar-refractivity contribution in [2.45, 2.75) is 6.92 Å². The Morgan fingerprint density at radius 3 is 2.74 bits per heavy atom. The largest absolute Gasteiger partial charge is 0.506 e. The van der Waals surface area contributed by atoms with Crippen LogP contribution in [0.5, 0.6) is 5.75 Å². The minimum absolute atomic E-state index is 0.102. The van der Waals surface area contributed by atoms with Gasteiger partial charge in [0.05, 0.1) is 9.38 Å². The lowest BCUT2D eigenvalue weighted by molar-refractivity contribution is -0.121. The van der Waals surface area contributed by atoms with E-state index in [1.807, 2.05) is 6.92 Å². The average Bonchev–Trinajstić information content (AvgIpc) is 2.60. The van der Waals surface area contributed by atoms with Crippen LogP contribution in [0.15, 0.2) is 26.0 Å². The number of halogens is 2. The highest BCUT2D eigenvalue weighted by Gasteiger charge is 2.30. The number of hydrogen-bond acceptors (Lipinski definition) is 4. The lowest BCUT2D eigenvalue weighted by Gasteiger charge is -2.09. The van der Waals surface area contributed by atoms with Crippen LogP contribution in [0.1, 0.15) is 12.5 Å². The van der Waals surface area contributed by atoms with Gasteiger partial charge in [-0.2, -0.15) is 0 Å². The molecule has 0 spiro atoms. The molecular weight excluding hydrogens is 414 g/mol. The topological polar surface area (TPSA) is 40.5 Å². The fourth-order valence-electron chi connectivity index (χ4n) is 1.61. The average molecular weight is 423 g/mol. The van der Waals surface area contributed by atoms with Crippen molar-refractivity contribution in [2.24, 2.45) is 0 Å². The Labute approximate surface area is 137 Å². The second-order valence-corrected chi connectivity index (χ2v) is 7.20. The lowest BCUT2D eigenvalue weighted by Crippen LogP contribution is -2.27. The van der Waals surface area contributed by atoms with E-state index in [4.69, 9.17) is 12.2 Å². The minimum atomic E-state index is -0.118. The molecule has 0 saturated carbocycles. The van der Waals surface area contributed by atoms with Crippen molar-refractivity contribution in [3.05, 3.63) is 31.5 Å². The van der Waals surface area contributed by atoms with Crippen molar-refractivity contribution in [3.8, 4) is 5.75 Å². The molecule has 1 aromatic carbocycles. The second-order valence-electron chi connectivity index (χ2n) is 3.75. The first kappa shape index (κ1) is 15.0. The third-order valence-corrected chi connectivity index (χ3v) is 4.97. The van der Waals surface area contributed by atoms with E-state index >= 15 is 0 Å². The van der Waals surface area contributed by atoms with Crippen LogP contribution in [0.2, 0.25) is 0 Å². The monoisotopic (exact) mass is 421 g/mol. The van der Waals surface area contributed by atoms with Crippen molar-refractivity contribution >= 4 is 72.1 Å². The summed E-state index contributed by atoms with van der Waals surface area (Å²) in [4.78, 5) is 14.1. The molecule has 7 heteroatoms. The quantitative estimate of drug-likeness (QED) is 0.574. The van der Waals surface area contributed by atoms with Crippen molar-refractivity contribution in [3.63, 3.8) is 0 Å². The van der Waals surface area contributed by atoms with Gasteiger partial charge < -0.3 is 5.11 Å². The minimum Gasteiger partial charge on any atom is -0.506 e. The first-order valence-electron chi connectivity index (χ1n) is 5.37. The van der Waals surface area contributed by atoms with E-state index in [0.717, 1.165) is 4.47 Å². The highest BCUT2D eigenvalue weighted by Crippen LogP contribution is 2.37. The molecule has 1 fully saturated rings. The highest BCUT2D eigenvalue weighted by molar-refractivity contribution is 9.11. The maximum atomic E-state index is 12.1. The molecule has 0 aromatic heterocycles. The molecule has 0 radical (unpaired) electrons. The molecule has 1 amide bonds. The van der Waals surface area contributed by atoms with Gasteiger partial charge in [0, 0.05) is 16.6 Å². The molecule has 19 heavy (non-hydrogen) atoms. The summed E-state index contributed by atoms with van der Waals surface area (Å²) in [6.07, 6.45) is 1.65. The number of likely N-dealkylation sites (N-methyl/N-ethyl adjacent to an activating group) is 1. The number of hydrogen-bond donors (Lipinski definition) is 1. The summed E-state index contributed by atoms with van der Waals surface area (Å²) in [5.74, 6) is -0.0158. The van der Waals surface area contributed by atoms with E-state index in [-0.39, 0.29) is 11.7 Å². The van der Waals surface area contributed by atoms with E-state index in [2.05, 4.69) is 31.9 Å². The first-order chi connectivity index (χ1) is 8.93. The normalized spacial score (nSPS) is 17.6. The highest BCUT2D eigenvalue weighted by atomic mass is 79.9. The standard InChI is InChI=1S/C12H9Br2NO2S2/c1-2-15-11(17)9(19-12(15)18)4-6-3-7(13)5-8(14)10(6)16/h3-5,16H,2H2,1H3/b9-4+. The van der Waals surface area contributed by atoms with Gasteiger partial charge in [-0.3, -0.25) is 9.69 Å². The van der Waals surface area contributed by atoms with Crippen LogP contribution in [-0.4, -0.2) is 26.8 Å². The zero-order valence-corrected chi connectivity index (χ0v) is 14.6. The molecule has 100 valence electrons. The van der Waals surface area contributed by atoms with Crippen LogP contribution >= 0.6 is 55.8 Å². The number of benzene rings is 1. The molecule has 2 rings (SSSR count). The summed E-state index contributed by atoms with van der Waals surface area (Å²) in [5.41, 5.74) is 0.567. The number of carbonyl (C=O) groups excluding carboxylic acids is 1. The van der Waals surface area contributed by atoms with Crippen LogP contribution in [-0.2, 0) is 4.79 Å². The maximum absolute atomic E-state index is 12.1. The van der Waals surface area contributed by atoms with Gasteiger partial charge in [0.15, 0.2) is 0 Å². The Kier molecular flexibility index (Phi) is 4.70. The van der Waals surface area contributed by atoms with E-state index < -0.39 is 0 Å². The summed E-state index contributed by atoms with van der Waals surface area (Å²) in [5, 5.41) is 9.98. The smallest absolute Gasteiger partial charge is 0.266 e. The van der Waals surface area contributed by atoms with Crippen LogP contribution < -0.4 is 0 Å². The molecule has 1 heterocycles. The molecule has 1 saturated heterocycles. The Bertz CT molecular complexity index is 602. The van der Waals surface area contributed by atoms with E-state index in [1.165, 1.54) is 16.7 Å². The lowest BCUT2D eigenvalue weighted by atomic mass is 10.2. The third kappa shape index (κ3) is 3.04. The molecular formula is C12H9Br2NO2S2. The molecule has 0 atom stereocenters. The van der Waals surface area contributed by atoms with Crippen LogP contribution in [0, 0.1) is 0 Å². The zero-order chi connectivity index (χ0) is 14.2. The second kappa shape index (κ2) is 5.95. The fraction of sp³-hybridized carbons (Fsp3) is 0.167. The number of rotatable bonds is 2. The third-order valence-electron chi connectivity index (χ3n) is 2.53. The summed E-state index contributed by atoms with van der Waals surface area (Å²) < 4.78 is 1.93. The summed E-state index contributed by atoms with van der Waals surface area (Å²) >= 11 is 13.0. The van der Waals surface area contributed by atoms with Crippen molar-refractivity contribution < 1.29 is 9.90 Å². The van der Waals surface area contributed by atoms with Gasteiger partial charge in [0.2, 0.25) is 0 Å². The Morgan fingerprint density at radius 1 is 1.47 bits per heavy atom. The van der Waals surface area contributed by atoms with Crippen molar-refractivity contribution in [2.75, 3.05) is 6.54 Å². The van der Waals surface area contributed by atoms with E-state index in [0.29, 0.717) is 25.8 Å². The maximum Gasteiger partial charge on any atom is 0.266 e. The Hall–Kier alpha value is -0.370. The zero-order valence-electron chi connectivity index (χ0n) is 9.81. The SMILES string of the molecule is CCN1C(=O)/C(=C\c2cc(Br)cc(Br)c2O)SC1=S. The summed E-state index contributed by atoms with van der Waals surface area (Å²) in [7, 11) is 0. The predicted molar refractivity (Wildman–Crippen MR) is 89.1 cm³/mol. The molecule has 1 aliphatic heterocycles. The fourth-order valence-corrected chi connectivity index (χ4v) is 4.24. The molecule has 1 N–H and O–H groups in total. The summed E-state index contributed by atoms with van der Waals surface area (Å²) in [6, 6.07) is 3.49. The van der Waals surface area contributed by atoms with Crippen LogP contribution in [0.4, 0.5) is 0 Å². The Morgan fingerprint density at radius 2 is 2.16 bits per heavy atom. The van der Waals surface area contributed by atoms with Gasteiger partial charge in [0.25, 0.3) is 5.91 Å². The molecule has 1 aliphatic rings. The number of thioether (sulfide) groups is 1. The van der Waals surface area contributed by atoms with E-state index in [9.17, 15) is 9.90 Å².